The molecule has 2 aromatic carbocycles. The van der Waals surface area contributed by atoms with Crippen LogP contribution in [0.25, 0.3) is 6.08 Å². The van der Waals surface area contributed by atoms with E-state index < -0.39 is 48.8 Å². The number of carboxylic acids is 1. The summed E-state index contributed by atoms with van der Waals surface area (Å²) in [7, 11) is 1.33. The molecule has 240 valence electrons. The van der Waals surface area contributed by atoms with E-state index in [2.05, 4.69) is 4.74 Å². The van der Waals surface area contributed by atoms with Gasteiger partial charge >= 0.3 is 18.6 Å². The van der Waals surface area contributed by atoms with Gasteiger partial charge in [-0.15, -0.1) is 0 Å². The zero-order valence-corrected chi connectivity index (χ0v) is 25.1. The van der Waals surface area contributed by atoms with Crippen molar-refractivity contribution >= 4 is 18.0 Å². The molecule has 2 N–H and O–H groups in total. The number of methoxy groups -OCH3 is 1. The van der Waals surface area contributed by atoms with E-state index in [0.717, 1.165) is 12.1 Å². The van der Waals surface area contributed by atoms with Gasteiger partial charge in [0, 0.05) is 13.2 Å². The number of carbonyl (C=O) groups is 2. The number of ether oxygens (including phenoxy) is 6. The fourth-order valence-electron chi connectivity index (χ4n) is 4.46. The van der Waals surface area contributed by atoms with Crippen LogP contribution in [0.2, 0.25) is 0 Å². The van der Waals surface area contributed by atoms with Crippen LogP contribution in [0.15, 0.2) is 60.7 Å². The molecule has 10 nitrogen and oxygen atoms in total. The van der Waals surface area contributed by atoms with Gasteiger partial charge in [0.1, 0.15) is 29.3 Å². The lowest BCUT2D eigenvalue weighted by atomic mass is 9.99. The fraction of sp³-hybridized carbons (Fsp3) is 0.438. The first-order valence-electron chi connectivity index (χ1n) is 13.9. The molecule has 0 aliphatic carbocycles. The van der Waals surface area contributed by atoms with E-state index in [9.17, 15) is 28.6 Å². The van der Waals surface area contributed by atoms with E-state index in [1.807, 2.05) is 6.92 Å². The van der Waals surface area contributed by atoms with E-state index in [1.165, 1.54) is 13.2 Å². The molecule has 0 spiro atoms. The first-order chi connectivity index (χ1) is 20.8. The summed E-state index contributed by atoms with van der Waals surface area (Å²) >= 11 is 0. The van der Waals surface area contributed by atoms with Crippen molar-refractivity contribution in [2.45, 2.75) is 70.9 Å². The summed E-state index contributed by atoms with van der Waals surface area (Å²) in [4.78, 5) is 25.1. The zero-order chi connectivity index (χ0) is 32.4. The van der Waals surface area contributed by atoms with Crippen LogP contribution >= 0.6 is 0 Å². The topological polar surface area (TPSA) is 130 Å². The molecular weight excluding hydrogens is 582 g/mol. The van der Waals surface area contributed by atoms with Gasteiger partial charge in [-0.3, -0.25) is 0 Å². The summed E-state index contributed by atoms with van der Waals surface area (Å²) in [5.74, 6) is -3.79. The maximum Gasteiger partial charge on any atom is 0.387 e. The Morgan fingerprint density at radius 3 is 2.41 bits per heavy atom. The highest BCUT2D eigenvalue weighted by Gasteiger charge is 2.45. The third-order valence-corrected chi connectivity index (χ3v) is 6.71. The van der Waals surface area contributed by atoms with Crippen molar-refractivity contribution in [1.29, 1.82) is 0 Å². The lowest BCUT2D eigenvalue weighted by Gasteiger charge is -2.25. The molecule has 2 aromatic rings. The molecule has 44 heavy (non-hydrogen) atoms. The summed E-state index contributed by atoms with van der Waals surface area (Å²) in [6, 6.07) is 10.6. The lowest BCUT2D eigenvalue weighted by Crippen LogP contribution is -2.37. The number of aromatic carboxylic acids is 1. The van der Waals surface area contributed by atoms with Crippen LogP contribution < -0.4 is 9.47 Å². The first-order valence-corrected chi connectivity index (χ1v) is 13.9. The molecule has 0 aromatic heterocycles. The molecule has 0 amide bonds. The van der Waals surface area contributed by atoms with Crippen molar-refractivity contribution in [3.63, 3.8) is 0 Å². The predicted octanol–water partition coefficient (Wildman–Crippen LogP) is 5.69. The zero-order valence-electron chi connectivity index (χ0n) is 25.1. The number of hydrogen-bond donors (Lipinski definition) is 2. The smallest absolute Gasteiger partial charge is 0.387 e. The first kappa shape index (κ1) is 34.6. The third kappa shape index (κ3) is 9.84. The normalized spacial score (nSPS) is 20.1. The van der Waals surface area contributed by atoms with E-state index >= 15 is 0 Å². The van der Waals surface area contributed by atoms with Crippen molar-refractivity contribution in [2.75, 3.05) is 13.9 Å². The van der Waals surface area contributed by atoms with Gasteiger partial charge in [-0.25, -0.2) is 9.59 Å². The number of alkyl halides is 2. The van der Waals surface area contributed by atoms with Crippen LogP contribution in [-0.2, 0) is 18.9 Å². The van der Waals surface area contributed by atoms with E-state index in [4.69, 9.17) is 23.7 Å². The number of esters is 1. The second kappa shape index (κ2) is 15.8. The van der Waals surface area contributed by atoms with Gasteiger partial charge in [-0.1, -0.05) is 43.4 Å². The number of aliphatic hydroxyl groups excluding tert-OH is 1. The Kier molecular flexibility index (Phi) is 12.4. The highest BCUT2D eigenvalue weighted by atomic mass is 19.3. The van der Waals surface area contributed by atoms with Gasteiger partial charge in [0.25, 0.3) is 0 Å². The molecule has 3 rings (SSSR count). The van der Waals surface area contributed by atoms with Gasteiger partial charge in [-0.2, -0.15) is 8.78 Å². The van der Waals surface area contributed by atoms with Crippen molar-refractivity contribution < 1.29 is 57.0 Å². The molecule has 1 aliphatic heterocycles. The average Bonchev–Trinajstić information content (AvgIpc) is 3.27. The number of aliphatic hydroxyl groups is 1. The Hall–Kier alpha value is -3.84. The molecule has 12 heteroatoms. The van der Waals surface area contributed by atoms with Crippen LogP contribution in [0.5, 0.6) is 11.5 Å². The molecule has 1 aliphatic rings. The molecule has 1 heterocycles. The SMILES string of the molecule is COCOc1cc(OC(F)F)cc(/C=C/C[C@@H]2OC(C)(C)O[C@@H]2C(/C=C\[C@@H](C)[C@H](C)O)OC(=O)c2ccccc2)c1C(=O)O. The monoisotopic (exact) mass is 620 g/mol. The number of carboxylic acid groups (broad SMARTS) is 1. The molecule has 1 unspecified atom stereocenters. The van der Waals surface area contributed by atoms with Crippen LogP contribution in [0.1, 0.15) is 60.4 Å². The van der Waals surface area contributed by atoms with E-state index in [-0.39, 0.29) is 41.8 Å². The highest BCUT2D eigenvalue weighted by Crippen LogP contribution is 2.35. The lowest BCUT2D eigenvalue weighted by molar-refractivity contribution is -0.152. The Bertz CT molecular complexity index is 1310. The van der Waals surface area contributed by atoms with Crippen molar-refractivity contribution in [3.8, 4) is 11.5 Å². The van der Waals surface area contributed by atoms with Gasteiger partial charge in [0.2, 0.25) is 0 Å². The van der Waals surface area contributed by atoms with Gasteiger partial charge in [-0.05, 0) is 62.9 Å². The molecule has 0 bridgehead atoms. The summed E-state index contributed by atoms with van der Waals surface area (Å²) < 4.78 is 58.8. The van der Waals surface area contributed by atoms with Crippen LogP contribution in [0, 0.1) is 5.92 Å². The molecule has 5 atom stereocenters. The maximum atomic E-state index is 13.0. The molecule has 0 radical (unpaired) electrons. The highest BCUT2D eigenvalue weighted by molar-refractivity contribution is 5.95. The van der Waals surface area contributed by atoms with Crippen LogP contribution in [0.4, 0.5) is 8.78 Å². The Balaban J connectivity index is 1.94. The van der Waals surface area contributed by atoms with Crippen LogP contribution in [0.3, 0.4) is 0 Å². The fourth-order valence-corrected chi connectivity index (χ4v) is 4.46. The van der Waals surface area contributed by atoms with Gasteiger partial charge in [0.05, 0.1) is 17.8 Å². The summed E-state index contributed by atoms with van der Waals surface area (Å²) in [6.07, 6.45) is 3.49. The molecular formula is C32H38F2O10. The summed E-state index contributed by atoms with van der Waals surface area (Å²) in [5.41, 5.74) is 0.0852. The summed E-state index contributed by atoms with van der Waals surface area (Å²) in [5, 5.41) is 19.9. The number of halogens is 2. The minimum atomic E-state index is -3.15. The maximum absolute atomic E-state index is 13.0. The number of carbonyl (C=O) groups excluding carboxylic acids is 1. The number of benzene rings is 2. The van der Waals surface area contributed by atoms with Gasteiger partial charge < -0.3 is 38.6 Å². The average molecular weight is 621 g/mol. The summed E-state index contributed by atoms with van der Waals surface area (Å²) in [6.45, 7) is 3.39. The Morgan fingerprint density at radius 2 is 1.80 bits per heavy atom. The van der Waals surface area contributed by atoms with Crippen molar-refractivity contribution in [2.24, 2.45) is 5.92 Å². The number of rotatable bonds is 15. The minimum absolute atomic E-state index is 0.0363. The minimum Gasteiger partial charge on any atom is -0.478 e. The van der Waals surface area contributed by atoms with Crippen molar-refractivity contribution in [1.82, 2.24) is 0 Å². The van der Waals surface area contributed by atoms with Crippen LogP contribution in [-0.4, -0.2) is 72.9 Å². The molecule has 1 saturated heterocycles. The second-order valence-corrected chi connectivity index (χ2v) is 10.6. The Morgan fingerprint density at radius 1 is 1.09 bits per heavy atom. The van der Waals surface area contributed by atoms with E-state index in [0.29, 0.717) is 5.56 Å². The number of hydrogen-bond acceptors (Lipinski definition) is 9. The Labute approximate surface area is 254 Å². The standard InChI is InChI=1S/C32H38F2O10/c1-19(20(2)35)14-15-24(42-30(38)21-10-7-6-8-11-21)28-25(43-32(3,4)44-28)13-9-12-22-16-23(41-31(33)34)17-26(40-18-39-5)27(22)29(36)37/h6-12,14-17,19-20,24-25,28,31,35H,13,18H2,1-5H3,(H,36,37)/b12-9+,15-14-/t19-,20+,24?,25+,28-/m1/s1. The quantitative estimate of drug-likeness (QED) is 0.146. The van der Waals surface area contributed by atoms with E-state index in [1.54, 1.807) is 69.3 Å². The molecule has 1 fully saturated rings. The largest absolute Gasteiger partial charge is 0.478 e. The molecule has 0 saturated carbocycles. The third-order valence-electron chi connectivity index (χ3n) is 6.71. The second-order valence-electron chi connectivity index (χ2n) is 10.6. The van der Waals surface area contributed by atoms with Gasteiger partial charge in [0.15, 0.2) is 12.6 Å². The van der Waals surface area contributed by atoms with Crippen molar-refractivity contribution in [3.05, 3.63) is 77.4 Å². The predicted molar refractivity (Wildman–Crippen MR) is 156 cm³/mol.